The summed E-state index contributed by atoms with van der Waals surface area (Å²) in [6.07, 6.45) is 0.0971. The number of nitrogens with zero attached hydrogens (tertiary/aromatic N) is 1. The number of imide groups is 1. The van der Waals surface area contributed by atoms with Gasteiger partial charge in [0.15, 0.2) is 6.54 Å². The lowest BCUT2D eigenvalue weighted by molar-refractivity contribution is -0.640. The summed E-state index contributed by atoms with van der Waals surface area (Å²) in [7, 11) is 1.49. The maximum atomic E-state index is 12.5. The number of carbonyl (C=O) groups excluding carboxylic acids is 4. The van der Waals surface area contributed by atoms with Crippen molar-refractivity contribution in [2.75, 3.05) is 25.9 Å². The molecule has 0 radical (unpaired) electrons. The minimum Gasteiger partial charge on any atom is -0.358 e. The average molecular weight is 329 g/mol. The minimum absolute atomic E-state index is 0.0971. The molecule has 0 saturated carbocycles. The summed E-state index contributed by atoms with van der Waals surface area (Å²) in [5.41, 5.74) is 5.69. The fourth-order valence-corrected chi connectivity index (χ4v) is 3.90. The first-order valence-corrected chi connectivity index (χ1v) is 8.25. The van der Waals surface area contributed by atoms with Gasteiger partial charge < -0.3 is 16.4 Å². The van der Waals surface area contributed by atoms with Crippen LogP contribution in [-0.4, -0.2) is 71.3 Å². The first-order valence-electron chi connectivity index (χ1n) is 7.20. The van der Waals surface area contributed by atoms with Gasteiger partial charge in [0.05, 0.1) is 12.5 Å². The van der Waals surface area contributed by atoms with Gasteiger partial charge in [0, 0.05) is 19.3 Å². The van der Waals surface area contributed by atoms with Crippen LogP contribution in [0.5, 0.6) is 0 Å². The van der Waals surface area contributed by atoms with Gasteiger partial charge in [-0.2, -0.15) is 4.48 Å². The second-order valence-corrected chi connectivity index (χ2v) is 6.68. The quantitative estimate of drug-likeness (QED) is 0.293. The SMILES string of the molecule is CCNC(=O)C1C[N+]12C(=O)CC(SC[C@@H](N)C(=O)NC)C2=O. The molecule has 0 aromatic carbocycles. The predicted molar refractivity (Wildman–Crippen MR) is 80.5 cm³/mol. The Morgan fingerprint density at radius 3 is 2.73 bits per heavy atom. The van der Waals surface area contributed by atoms with Crippen LogP contribution in [0.15, 0.2) is 0 Å². The number of thioether (sulfide) groups is 1. The predicted octanol–water partition coefficient (Wildman–Crippen LogP) is -2.05. The largest absolute Gasteiger partial charge is 0.358 e. The van der Waals surface area contributed by atoms with Crippen LogP contribution in [0.1, 0.15) is 13.3 Å². The molecule has 8 nitrogen and oxygen atoms in total. The van der Waals surface area contributed by atoms with Crippen LogP contribution in [0.3, 0.4) is 0 Å². The number of quaternary nitrogens is 1. The van der Waals surface area contributed by atoms with Gasteiger partial charge in [0.2, 0.25) is 11.9 Å². The van der Waals surface area contributed by atoms with E-state index in [0.29, 0.717) is 6.54 Å². The zero-order valence-electron chi connectivity index (χ0n) is 12.6. The lowest BCUT2D eigenvalue weighted by Gasteiger charge is -2.12. The number of nitrogens with one attached hydrogen (secondary N) is 2. The number of nitrogens with two attached hydrogens (primary N) is 1. The molecule has 4 N–H and O–H groups in total. The number of hydrogen-bond acceptors (Lipinski definition) is 6. The highest BCUT2D eigenvalue weighted by Gasteiger charge is 2.74. The summed E-state index contributed by atoms with van der Waals surface area (Å²) in [6, 6.07) is -1.31. The van der Waals surface area contributed by atoms with Gasteiger partial charge in [-0.1, -0.05) is 0 Å². The monoisotopic (exact) mass is 329 g/mol. The van der Waals surface area contributed by atoms with Crippen molar-refractivity contribution < 1.29 is 23.7 Å². The normalized spacial score (nSPS) is 31.2. The molecule has 1 spiro atoms. The van der Waals surface area contributed by atoms with Crippen LogP contribution in [0.25, 0.3) is 0 Å². The number of hydrogen-bond donors (Lipinski definition) is 3. The van der Waals surface area contributed by atoms with Gasteiger partial charge in [0.1, 0.15) is 5.25 Å². The molecule has 2 aliphatic heterocycles. The highest BCUT2D eigenvalue weighted by atomic mass is 32.2. The van der Waals surface area contributed by atoms with Crippen LogP contribution in [0.4, 0.5) is 0 Å². The third kappa shape index (κ3) is 2.75. The molecule has 0 aromatic heterocycles. The van der Waals surface area contributed by atoms with E-state index in [0.717, 1.165) is 0 Å². The van der Waals surface area contributed by atoms with Gasteiger partial charge in [-0.3, -0.25) is 9.59 Å². The van der Waals surface area contributed by atoms with Crippen molar-refractivity contribution in [2.24, 2.45) is 5.73 Å². The van der Waals surface area contributed by atoms with Crippen molar-refractivity contribution in [1.29, 1.82) is 0 Å². The third-order valence-corrected chi connectivity index (χ3v) is 5.37. The Morgan fingerprint density at radius 1 is 1.45 bits per heavy atom. The molecule has 2 fully saturated rings. The summed E-state index contributed by atoms with van der Waals surface area (Å²) >= 11 is 1.21. The zero-order chi connectivity index (χ0) is 16.5. The maximum Gasteiger partial charge on any atom is 0.335 e. The first-order chi connectivity index (χ1) is 10.4. The van der Waals surface area contributed by atoms with E-state index < -0.39 is 17.3 Å². The maximum absolute atomic E-state index is 12.5. The van der Waals surface area contributed by atoms with Crippen molar-refractivity contribution >= 4 is 35.4 Å². The van der Waals surface area contributed by atoms with Crippen molar-refractivity contribution in [3.63, 3.8) is 0 Å². The Hall–Kier alpha value is -1.45. The van der Waals surface area contributed by atoms with Crippen molar-refractivity contribution in [1.82, 2.24) is 10.6 Å². The third-order valence-electron chi connectivity index (χ3n) is 4.05. The van der Waals surface area contributed by atoms with Crippen LogP contribution in [0, 0.1) is 0 Å². The standard InChI is InChI=1S/C13H20N4O4S/c1-3-16-12(20)8-5-17(8)10(18)4-9(13(17)21)22-6-7(14)11(19)15-2/h7-9H,3-6,14H2,1-2H3,(H-,15,16,19,20)/p+1/t7-,8?,9?,17?/m1/s1. The molecule has 22 heavy (non-hydrogen) atoms. The van der Waals surface area contributed by atoms with Crippen molar-refractivity contribution in [3.05, 3.63) is 0 Å². The molecule has 0 bridgehead atoms. The van der Waals surface area contributed by atoms with Gasteiger partial charge >= 0.3 is 11.8 Å². The van der Waals surface area contributed by atoms with E-state index in [4.69, 9.17) is 5.73 Å². The van der Waals surface area contributed by atoms with Crippen LogP contribution < -0.4 is 16.4 Å². The van der Waals surface area contributed by atoms with Crippen molar-refractivity contribution in [3.8, 4) is 0 Å². The van der Waals surface area contributed by atoms with E-state index in [9.17, 15) is 19.2 Å². The van der Waals surface area contributed by atoms with E-state index in [-0.39, 0.29) is 46.8 Å². The zero-order valence-corrected chi connectivity index (χ0v) is 13.4. The van der Waals surface area contributed by atoms with E-state index in [1.807, 2.05) is 0 Å². The van der Waals surface area contributed by atoms with Crippen LogP contribution in [0.2, 0.25) is 0 Å². The Balaban J connectivity index is 1.96. The Labute approximate surface area is 132 Å². The molecule has 4 amide bonds. The van der Waals surface area contributed by atoms with E-state index in [1.165, 1.54) is 18.8 Å². The molecule has 0 aliphatic carbocycles. The lowest BCUT2D eigenvalue weighted by Crippen LogP contribution is -2.43. The Morgan fingerprint density at radius 2 is 2.14 bits per heavy atom. The number of carbonyl (C=O) groups is 4. The topological polar surface area (TPSA) is 118 Å². The molecule has 9 heteroatoms. The number of likely N-dealkylation sites (N-methyl/N-ethyl adjacent to an activating group) is 2. The summed E-state index contributed by atoms with van der Waals surface area (Å²) in [6.45, 7) is 2.51. The van der Waals surface area contributed by atoms with Gasteiger partial charge in [-0.15, -0.1) is 11.8 Å². The lowest BCUT2D eigenvalue weighted by atomic mass is 10.3. The Kier molecular flexibility index (Phi) is 4.88. The van der Waals surface area contributed by atoms with Crippen LogP contribution >= 0.6 is 11.8 Å². The molecular weight excluding hydrogens is 308 g/mol. The van der Waals surface area contributed by atoms with Crippen LogP contribution in [-0.2, 0) is 19.2 Å². The Bertz CT molecular complexity index is 526. The summed E-state index contributed by atoms with van der Waals surface area (Å²) in [5.74, 6) is -0.755. The first kappa shape index (κ1) is 16.9. The molecule has 4 atom stereocenters. The molecule has 0 aromatic rings. The molecule has 2 rings (SSSR count). The number of amides is 4. The molecule has 3 unspecified atom stereocenters. The second-order valence-electron chi connectivity index (χ2n) is 5.44. The van der Waals surface area contributed by atoms with E-state index in [2.05, 4.69) is 10.6 Å². The fraction of sp³-hybridized carbons (Fsp3) is 0.692. The molecule has 2 aliphatic rings. The van der Waals surface area contributed by atoms with E-state index >= 15 is 0 Å². The fourth-order valence-electron chi connectivity index (χ4n) is 2.72. The minimum atomic E-state index is -0.722. The molecule has 2 heterocycles. The highest BCUT2D eigenvalue weighted by Crippen LogP contribution is 2.43. The van der Waals surface area contributed by atoms with Crippen molar-refractivity contribution in [2.45, 2.75) is 30.7 Å². The molecule has 122 valence electrons. The second kappa shape index (κ2) is 6.35. The average Bonchev–Trinajstić information content (AvgIpc) is 3.21. The molecule has 2 saturated heterocycles. The smallest absolute Gasteiger partial charge is 0.335 e. The van der Waals surface area contributed by atoms with Gasteiger partial charge in [-0.25, -0.2) is 9.59 Å². The van der Waals surface area contributed by atoms with E-state index in [1.54, 1.807) is 6.92 Å². The summed E-state index contributed by atoms with van der Waals surface area (Å²) in [4.78, 5) is 47.9. The summed E-state index contributed by atoms with van der Waals surface area (Å²) in [5, 5.41) is 4.56. The number of rotatable bonds is 6. The molecular formula is C13H21N4O4S+. The van der Waals surface area contributed by atoms with Gasteiger partial charge in [0.25, 0.3) is 5.91 Å². The summed E-state index contributed by atoms with van der Waals surface area (Å²) < 4.78 is -0.362. The highest BCUT2D eigenvalue weighted by molar-refractivity contribution is 8.00. The van der Waals surface area contributed by atoms with Gasteiger partial charge in [-0.05, 0) is 6.92 Å².